The number of fused-ring (bicyclic) bond motifs is 6. The van der Waals surface area contributed by atoms with Gasteiger partial charge >= 0.3 is 5.97 Å². The van der Waals surface area contributed by atoms with Crippen LogP contribution in [0, 0.1) is 0 Å². The van der Waals surface area contributed by atoms with Crippen molar-refractivity contribution in [1.29, 1.82) is 0 Å². The molecule has 4 aromatic carbocycles. The Hall–Kier alpha value is -3.85. The second-order valence-corrected chi connectivity index (χ2v) is 8.72. The Bertz CT molecular complexity index is 1510. The first-order valence-electron chi connectivity index (χ1n) is 10.9. The molecule has 0 saturated heterocycles. The largest absolute Gasteiger partial charge is 0.460 e. The predicted octanol–water partition coefficient (Wildman–Crippen LogP) is 6.36. The molecule has 1 aromatic heterocycles. The number of carbonyl (C=O) groups is 1. The summed E-state index contributed by atoms with van der Waals surface area (Å²) in [5.41, 5.74) is 6.68. The second kappa shape index (κ2) is 6.83. The molecule has 0 saturated carbocycles. The van der Waals surface area contributed by atoms with E-state index < -0.39 is 5.41 Å². The number of nitrogens with zero attached hydrogens (tertiary/aromatic N) is 1. The molecule has 0 radical (unpaired) electrons. The second-order valence-electron chi connectivity index (χ2n) is 8.72. The molecule has 1 unspecified atom stereocenters. The number of rotatable bonds is 3. The van der Waals surface area contributed by atoms with Gasteiger partial charge in [0.05, 0.1) is 0 Å². The number of para-hydroxylation sites is 1. The molecule has 0 N–H and O–H groups in total. The summed E-state index contributed by atoms with van der Waals surface area (Å²) in [7, 11) is 2.09. The van der Waals surface area contributed by atoms with Gasteiger partial charge in [-0.1, -0.05) is 72.8 Å². The molecule has 0 amide bonds. The van der Waals surface area contributed by atoms with Gasteiger partial charge in [0.25, 0.3) is 0 Å². The third-order valence-electron chi connectivity index (χ3n) is 6.97. The zero-order chi connectivity index (χ0) is 21.9. The van der Waals surface area contributed by atoms with Crippen molar-refractivity contribution in [3.8, 4) is 11.1 Å². The average molecular weight is 418 g/mol. The van der Waals surface area contributed by atoms with Crippen LogP contribution in [0.4, 0.5) is 0 Å². The molecule has 1 aliphatic carbocycles. The van der Waals surface area contributed by atoms with Crippen LogP contribution in [0.15, 0.2) is 91.0 Å². The summed E-state index contributed by atoms with van der Waals surface area (Å²) in [5, 5.41) is 2.43. The molecule has 0 aliphatic heterocycles. The monoisotopic (exact) mass is 417 g/mol. The molecule has 0 bridgehead atoms. The quantitative estimate of drug-likeness (QED) is 0.320. The van der Waals surface area contributed by atoms with Crippen LogP contribution in [0.1, 0.15) is 23.6 Å². The first-order chi connectivity index (χ1) is 15.6. The van der Waals surface area contributed by atoms with Crippen LogP contribution in [0.2, 0.25) is 0 Å². The number of esters is 1. The summed E-state index contributed by atoms with van der Waals surface area (Å²) < 4.78 is 8.10. The lowest BCUT2D eigenvalue weighted by Crippen LogP contribution is -2.33. The Labute approximate surface area is 186 Å². The highest BCUT2D eigenvalue weighted by Gasteiger charge is 2.47. The number of hydrogen-bond acceptors (Lipinski definition) is 2. The molecule has 6 rings (SSSR count). The summed E-state index contributed by atoms with van der Waals surface area (Å²) in [4.78, 5) is 13.6. The molecule has 1 heterocycles. The topological polar surface area (TPSA) is 31.2 Å². The Morgan fingerprint density at radius 1 is 0.781 bits per heavy atom. The van der Waals surface area contributed by atoms with Gasteiger partial charge in [0.15, 0.2) is 0 Å². The van der Waals surface area contributed by atoms with Crippen molar-refractivity contribution in [2.45, 2.75) is 18.9 Å². The third-order valence-corrected chi connectivity index (χ3v) is 6.97. The maximum absolute atomic E-state index is 13.6. The van der Waals surface area contributed by atoms with Crippen molar-refractivity contribution >= 4 is 27.8 Å². The SMILES string of the molecule is Cn1c2ccccc2c2cc3c(cc21)C(C)(C(=O)OCc1ccccc1)c1ccccc1-3. The summed E-state index contributed by atoms with van der Waals surface area (Å²) in [6.07, 6.45) is 0. The lowest BCUT2D eigenvalue weighted by Gasteiger charge is -2.25. The Morgan fingerprint density at radius 3 is 2.34 bits per heavy atom. The van der Waals surface area contributed by atoms with Crippen molar-refractivity contribution in [3.63, 3.8) is 0 Å². The molecule has 3 heteroatoms. The minimum Gasteiger partial charge on any atom is -0.460 e. The van der Waals surface area contributed by atoms with Crippen LogP contribution < -0.4 is 0 Å². The minimum atomic E-state index is -0.856. The van der Waals surface area contributed by atoms with Crippen LogP contribution in [0.25, 0.3) is 32.9 Å². The number of ether oxygens (including phenoxy) is 1. The van der Waals surface area contributed by atoms with Gasteiger partial charge in [-0.15, -0.1) is 0 Å². The van der Waals surface area contributed by atoms with E-state index >= 15 is 0 Å². The summed E-state index contributed by atoms with van der Waals surface area (Å²) >= 11 is 0. The predicted molar refractivity (Wildman–Crippen MR) is 129 cm³/mol. The van der Waals surface area contributed by atoms with Crippen molar-refractivity contribution in [2.75, 3.05) is 0 Å². The Balaban J connectivity index is 1.54. The fourth-order valence-electron chi connectivity index (χ4n) is 5.23. The third kappa shape index (κ3) is 2.51. The van der Waals surface area contributed by atoms with Crippen LogP contribution in [0.3, 0.4) is 0 Å². The van der Waals surface area contributed by atoms with E-state index in [0.717, 1.165) is 33.3 Å². The van der Waals surface area contributed by atoms with Crippen LogP contribution >= 0.6 is 0 Å². The highest BCUT2D eigenvalue weighted by atomic mass is 16.5. The van der Waals surface area contributed by atoms with Crippen molar-refractivity contribution in [1.82, 2.24) is 4.57 Å². The van der Waals surface area contributed by atoms with Gasteiger partial charge in [-0.3, -0.25) is 4.79 Å². The van der Waals surface area contributed by atoms with E-state index in [-0.39, 0.29) is 12.6 Å². The van der Waals surface area contributed by atoms with Crippen LogP contribution in [-0.2, 0) is 28.6 Å². The van der Waals surface area contributed by atoms with E-state index in [4.69, 9.17) is 4.74 Å². The molecule has 5 aromatic rings. The lowest BCUT2D eigenvalue weighted by molar-refractivity contribution is -0.149. The van der Waals surface area contributed by atoms with E-state index in [2.05, 4.69) is 60.1 Å². The first-order valence-corrected chi connectivity index (χ1v) is 10.9. The molecular formula is C29H23NO2. The van der Waals surface area contributed by atoms with Gasteiger partial charge < -0.3 is 9.30 Å². The summed E-state index contributed by atoms with van der Waals surface area (Å²) in [5.74, 6) is -0.217. The molecule has 1 aliphatic rings. The van der Waals surface area contributed by atoms with Gasteiger partial charge in [-0.2, -0.15) is 0 Å². The number of aryl methyl sites for hydroxylation is 1. The average Bonchev–Trinajstić information content (AvgIpc) is 3.27. The highest BCUT2D eigenvalue weighted by Crippen LogP contribution is 2.51. The van der Waals surface area contributed by atoms with Gasteiger partial charge in [-0.25, -0.2) is 0 Å². The van der Waals surface area contributed by atoms with Crippen molar-refractivity contribution < 1.29 is 9.53 Å². The van der Waals surface area contributed by atoms with Crippen molar-refractivity contribution in [2.24, 2.45) is 7.05 Å². The molecule has 32 heavy (non-hydrogen) atoms. The fourth-order valence-corrected chi connectivity index (χ4v) is 5.23. The van der Waals surface area contributed by atoms with Crippen molar-refractivity contribution in [3.05, 3.63) is 108 Å². The Morgan fingerprint density at radius 2 is 1.50 bits per heavy atom. The Kier molecular flexibility index (Phi) is 4.03. The van der Waals surface area contributed by atoms with Gasteiger partial charge in [-0.05, 0) is 52.9 Å². The molecule has 156 valence electrons. The number of benzene rings is 4. The van der Waals surface area contributed by atoms with E-state index in [1.54, 1.807) is 0 Å². The zero-order valence-corrected chi connectivity index (χ0v) is 18.1. The normalized spacial score (nSPS) is 16.8. The number of carbonyl (C=O) groups excluding carboxylic acids is 1. The molecule has 3 nitrogen and oxygen atoms in total. The van der Waals surface area contributed by atoms with Gasteiger partial charge in [0.2, 0.25) is 0 Å². The lowest BCUT2D eigenvalue weighted by atomic mass is 9.80. The van der Waals surface area contributed by atoms with Gasteiger partial charge in [0.1, 0.15) is 12.0 Å². The van der Waals surface area contributed by atoms with E-state index in [0.29, 0.717) is 0 Å². The standard InChI is InChI=1S/C29H23NO2/c1-29(28(31)32-18-19-10-4-3-5-11-19)24-14-8-6-12-20(24)22-16-23-21-13-7-9-15-26(21)30(2)27(23)17-25(22)29/h3-17H,18H2,1-2H3. The fraction of sp³-hybridized carbons (Fsp3) is 0.138. The minimum absolute atomic E-state index is 0.217. The maximum atomic E-state index is 13.6. The number of aromatic nitrogens is 1. The smallest absolute Gasteiger partial charge is 0.321 e. The van der Waals surface area contributed by atoms with E-state index in [9.17, 15) is 4.79 Å². The molecule has 1 atom stereocenters. The van der Waals surface area contributed by atoms with Gasteiger partial charge in [0, 0.05) is 28.9 Å². The molecule has 0 fully saturated rings. The van der Waals surface area contributed by atoms with Crippen LogP contribution in [0.5, 0.6) is 0 Å². The summed E-state index contributed by atoms with van der Waals surface area (Å²) in [6, 6.07) is 30.9. The first kappa shape index (κ1) is 18.9. The summed E-state index contributed by atoms with van der Waals surface area (Å²) in [6.45, 7) is 2.27. The maximum Gasteiger partial charge on any atom is 0.321 e. The zero-order valence-electron chi connectivity index (χ0n) is 18.1. The van der Waals surface area contributed by atoms with Crippen LogP contribution in [-0.4, -0.2) is 10.5 Å². The van der Waals surface area contributed by atoms with E-state index in [1.165, 1.54) is 16.3 Å². The highest BCUT2D eigenvalue weighted by molar-refractivity contribution is 6.11. The molecular weight excluding hydrogens is 394 g/mol. The van der Waals surface area contributed by atoms with E-state index in [1.807, 2.05) is 49.4 Å². The molecule has 0 spiro atoms. The number of hydrogen-bond donors (Lipinski definition) is 0.